The maximum atomic E-state index is 12.0. The molecule has 1 aliphatic heterocycles. The van der Waals surface area contributed by atoms with Gasteiger partial charge in [-0.25, -0.2) is 9.78 Å². The van der Waals surface area contributed by atoms with Gasteiger partial charge in [0.2, 0.25) is 0 Å². The minimum atomic E-state index is -0.309. The Balaban J connectivity index is 1.44. The van der Waals surface area contributed by atoms with Gasteiger partial charge in [0, 0.05) is 23.6 Å². The Morgan fingerprint density at radius 1 is 1.17 bits per heavy atom. The Bertz CT molecular complexity index is 1040. The van der Waals surface area contributed by atoms with Crippen LogP contribution in [0.15, 0.2) is 54.7 Å². The third-order valence-electron chi connectivity index (χ3n) is 4.86. The maximum Gasteiger partial charge on any atom is 0.410 e. The van der Waals surface area contributed by atoms with Gasteiger partial charge in [0.05, 0.1) is 36.4 Å². The van der Waals surface area contributed by atoms with Gasteiger partial charge in [-0.1, -0.05) is 23.7 Å². The summed E-state index contributed by atoms with van der Waals surface area (Å²) in [6.07, 6.45) is 2.15. The van der Waals surface area contributed by atoms with Crippen LogP contribution in [-0.2, 0) is 24.3 Å². The monoisotopic (exact) mass is 423 g/mol. The van der Waals surface area contributed by atoms with Gasteiger partial charge in [0.15, 0.2) is 0 Å². The van der Waals surface area contributed by atoms with Crippen molar-refractivity contribution in [2.24, 2.45) is 0 Å². The Kier molecular flexibility index (Phi) is 6.14. The van der Waals surface area contributed by atoms with Gasteiger partial charge in [0.25, 0.3) is 0 Å². The SMILES string of the molecule is CCOC(=O)N1CCc2ncc(-c3ccc(OCc4cccc(Cl)c4)cc3)nc2C1. The number of carbonyl (C=O) groups excluding carboxylic acids is 1. The zero-order valence-electron chi connectivity index (χ0n) is 16.7. The predicted octanol–water partition coefficient (Wildman–Crippen LogP) is 4.89. The molecule has 7 heteroatoms. The number of halogens is 1. The van der Waals surface area contributed by atoms with Crippen molar-refractivity contribution in [3.05, 3.63) is 76.7 Å². The van der Waals surface area contributed by atoms with Gasteiger partial charge in [-0.05, 0) is 48.9 Å². The Morgan fingerprint density at radius 2 is 2.00 bits per heavy atom. The lowest BCUT2D eigenvalue weighted by atomic mass is 10.1. The number of aromatic nitrogens is 2. The summed E-state index contributed by atoms with van der Waals surface area (Å²) in [6, 6.07) is 15.3. The number of hydrogen-bond donors (Lipinski definition) is 0. The molecule has 1 aromatic heterocycles. The second kappa shape index (κ2) is 9.13. The summed E-state index contributed by atoms with van der Waals surface area (Å²) in [5.74, 6) is 0.762. The fourth-order valence-electron chi connectivity index (χ4n) is 3.31. The molecule has 0 fully saturated rings. The molecule has 2 aromatic carbocycles. The first-order chi connectivity index (χ1) is 14.6. The predicted molar refractivity (Wildman–Crippen MR) is 114 cm³/mol. The van der Waals surface area contributed by atoms with Crippen LogP contribution in [0.3, 0.4) is 0 Å². The molecular weight excluding hydrogens is 402 g/mol. The molecule has 0 N–H and O–H groups in total. The van der Waals surface area contributed by atoms with E-state index in [4.69, 9.17) is 26.1 Å². The van der Waals surface area contributed by atoms with Crippen molar-refractivity contribution in [2.45, 2.75) is 26.5 Å². The van der Waals surface area contributed by atoms with E-state index in [9.17, 15) is 4.79 Å². The van der Waals surface area contributed by atoms with Crippen molar-refractivity contribution in [1.82, 2.24) is 14.9 Å². The number of carbonyl (C=O) groups is 1. The molecule has 3 aromatic rings. The molecule has 0 unspecified atom stereocenters. The van der Waals surface area contributed by atoms with Crippen molar-refractivity contribution in [3.63, 3.8) is 0 Å². The van der Waals surface area contributed by atoms with Crippen LogP contribution in [0.4, 0.5) is 4.79 Å². The molecule has 0 spiro atoms. The molecule has 0 saturated carbocycles. The van der Waals surface area contributed by atoms with Crippen LogP contribution < -0.4 is 4.74 Å². The van der Waals surface area contributed by atoms with E-state index in [-0.39, 0.29) is 6.09 Å². The third-order valence-corrected chi connectivity index (χ3v) is 5.10. The van der Waals surface area contributed by atoms with Crippen LogP contribution in [0.5, 0.6) is 5.75 Å². The summed E-state index contributed by atoms with van der Waals surface area (Å²) in [7, 11) is 0. The Hall–Kier alpha value is -3.12. The smallest absolute Gasteiger partial charge is 0.410 e. The molecule has 0 saturated heterocycles. The lowest BCUT2D eigenvalue weighted by Crippen LogP contribution is -2.37. The van der Waals surface area contributed by atoms with E-state index in [1.807, 2.05) is 48.5 Å². The van der Waals surface area contributed by atoms with Gasteiger partial charge in [-0.2, -0.15) is 0 Å². The largest absolute Gasteiger partial charge is 0.489 e. The van der Waals surface area contributed by atoms with Gasteiger partial charge in [0.1, 0.15) is 12.4 Å². The van der Waals surface area contributed by atoms with Gasteiger partial charge >= 0.3 is 6.09 Å². The summed E-state index contributed by atoms with van der Waals surface area (Å²) < 4.78 is 10.9. The van der Waals surface area contributed by atoms with E-state index in [0.29, 0.717) is 37.7 Å². The number of nitrogens with zero attached hydrogens (tertiary/aromatic N) is 3. The average molecular weight is 424 g/mol. The molecule has 0 aliphatic carbocycles. The standard InChI is InChI=1S/C23H22ClN3O3/c1-2-29-23(28)27-11-10-20-22(14-27)26-21(13-25-20)17-6-8-19(9-7-17)30-15-16-4-3-5-18(24)12-16/h3-9,12-13H,2,10-11,14-15H2,1H3. The highest BCUT2D eigenvalue weighted by Crippen LogP contribution is 2.24. The van der Waals surface area contributed by atoms with Crippen molar-refractivity contribution >= 4 is 17.7 Å². The zero-order valence-corrected chi connectivity index (χ0v) is 17.4. The first-order valence-electron chi connectivity index (χ1n) is 9.86. The van der Waals surface area contributed by atoms with E-state index >= 15 is 0 Å². The van der Waals surface area contributed by atoms with Crippen LogP contribution in [0.25, 0.3) is 11.3 Å². The van der Waals surface area contributed by atoms with E-state index in [0.717, 1.165) is 34.0 Å². The summed E-state index contributed by atoms with van der Waals surface area (Å²) in [6.45, 7) is 3.62. The average Bonchev–Trinajstić information content (AvgIpc) is 2.77. The first-order valence-corrected chi connectivity index (χ1v) is 10.2. The molecule has 154 valence electrons. The second-order valence-corrected chi connectivity index (χ2v) is 7.40. The molecule has 6 nitrogen and oxygen atoms in total. The highest BCUT2D eigenvalue weighted by atomic mass is 35.5. The summed E-state index contributed by atoms with van der Waals surface area (Å²) in [4.78, 5) is 23.0. The highest BCUT2D eigenvalue weighted by Gasteiger charge is 2.23. The van der Waals surface area contributed by atoms with Crippen molar-refractivity contribution in [3.8, 4) is 17.0 Å². The van der Waals surface area contributed by atoms with Crippen LogP contribution in [0, 0.1) is 0 Å². The summed E-state index contributed by atoms with van der Waals surface area (Å²) in [5.41, 5.74) is 4.46. The lowest BCUT2D eigenvalue weighted by Gasteiger charge is -2.26. The normalized spacial score (nSPS) is 12.9. The Morgan fingerprint density at radius 3 is 2.77 bits per heavy atom. The molecule has 0 atom stereocenters. The van der Waals surface area contributed by atoms with Crippen LogP contribution in [0.1, 0.15) is 23.9 Å². The second-order valence-electron chi connectivity index (χ2n) is 6.96. The van der Waals surface area contributed by atoms with Crippen LogP contribution >= 0.6 is 11.6 Å². The topological polar surface area (TPSA) is 64.5 Å². The van der Waals surface area contributed by atoms with Crippen molar-refractivity contribution in [1.29, 1.82) is 0 Å². The highest BCUT2D eigenvalue weighted by molar-refractivity contribution is 6.30. The molecular formula is C23H22ClN3O3. The molecule has 0 radical (unpaired) electrons. The Labute approximate surface area is 180 Å². The van der Waals surface area contributed by atoms with E-state index in [1.54, 1.807) is 18.0 Å². The van der Waals surface area contributed by atoms with Gasteiger partial charge in [-0.3, -0.25) is 4.98 Å². The summed E-state index contributed by atoms with van der Waals surface area (Å²) >= 11 is 6.01. The third kappa shape index (κ3) is 4.71. The fraction of sp³-hybridized carbons (Fsp3) is 0.261. The molecule has 2 heterocycles. The zero-order chi connectivity index (χ0) is 20.9. The fourth-order valence-corrected chi connectivity index (χ4v) is 3.53. The number of benzene rings is 2. The number of ether oxygens (including phenoxy) is 2. The van der Waals surface area contributed by atoms with Crippen LogP contribution in [-0.4, -0.2) is 34.1 Å². The maximum absolute atomic E-state index is 12.0. The van der Waals surface area contributed by atoms with E-state index < -0.39 is 0 Å². The quantitative estimate of drug-likeness (QED) is 0.584. The number of hydrogen-bond acceptors (Lipinski definition) is 5. The minimum absolute atomic E-state index is 0.309. The molecule has 30 heavy (non-hydrogen) atoms. The van der Waals surface area contributed by atoms with Crippen molar-refractivity contribution in [2.75, 3.05) is 13.2 Å². The van der Waals surface area contributed by atoms with Crippen LogP contribution in [0.2, 0.25) is 5.02 Å². The number of fused-ring (bicyclic) bond motifs is 1. The molecule has 1 aliphatic rings. The van der Waals surface area contributed by atoms with Crippen molar-refractivity contribution < 1.29 is 14.3 Å². The van der Waals surface area contributed by atoms with E-state index in [2.05, 4.69) is 4.98 Å². The number of rotatable bonds is 5. The molecule has 0 bridgehead atoms. The number of amides is 1. The lowest BCUT2D eigenvalue weighted by molar-refractivity contribution is 0.102. The minimum Gasteiger partial charge on any atom is -0.489 e. The van der Waals surface area contributed by atoms with Gasteiger partial charge < -0.3 is 14.4 Å². The molecule has 4 rings (SSSR count). The van der Waals surface area contributed by atoms with E-state index in [1.165, 1.54) is 0 Å². The summed E-state index contributed by atoms with van der Waals surface area (Å²) in [5, 5.41) is 0.693. The first kappa shape index (κ1) is 20.2. The molecule has 1 amide bonds. The van der Waals surface area contributed by atoms with Gasteiger partial charge in [-0.15, -0.1) is 0 Å².